The smallest absolute Gasteiger partial charge is 0.0794 e. The molecule has 0 aliphatic heterocycles. The summed E-state index contributed by atoms with van der Waals surface area (Å²) in [5.41, 5.74) is 1.81. The van der Waals surface area contributed by atoms with Crippen molar-refractivity contribution < 1.29 is 9.84 Å². The van der Waals surface area contributed by atoms with E-state index in [9.17, 15) is 5.11 Å². The summed E-state index contributed by atoms with van der Waals surface area (Å²) in [5.74, 6) is 0. The number of rotatable bonds is 5. The summed E-state index contributed by atoms with van der Waals surface area (Å²) in [5, 5.41) is 10.1. The van der Waals surface area contributed by atoms with Crippen molar-refractivity contribution in [2.75, 3.05) is 7.11 Å². The lowest BCUT2D eigenvalue weighted by Gasteiger charge is -2.24. The van der Waals surface area contributed by atoms with Crippen LogP contribution >= 0.6 is 0 Å². The molecule has 0 aliphatic carbocycles. The van der Waals surface area contributed by atoms with Crippen molar-refractivity contribution >= 4 is 0 Å². The number of aliphatic hydroxyl groups is 1. The van der Waals surface area contributed by atoms with E-state index in [2.05, 4.69) is 4.98 Å². The average Bonchev–Trinajstić information content (AvgIpc) is 2.27. The first-order valence-electron chi connectivity index (χ1n) is 5.60. The van der Waals surface area contributed by atoms with Crippen LogP contribution in [0, 0.1) is 6.92 Å². The predicted octanol–water partition coefficient (Wildman–Crippen LogP) is 2.63. The second-order valence-corrected chi connectivity index (χ2v) is 4.75. The first-order chi connectivity index (χ1) is 7.46. The fourth-order valence-corrected chi connectivity index (χ4v) is 1.60. The Kier molecular flexibility index (Phi) is 4.44. The first-order valence-corrected chi connectivity index (χ1v) is 5.60. The maximum atomic E-state index is 10.1. The Bertz CT molecular complexity index is 336. The summed E-state index contributed by atoms with van der Waals surface area (Å²) in [7, 11) is 1.70. The molecule has 0 fully saturated rings. The highest BCUT2D eigenvalue weighted by Crippen LogP contribution is 2.25. The molecule has 0 saturated carbocycles. The standard InChI is InChI=1S/C13H21NO2/c1-10-9-14-8-6-11(10)12(15)5-7-13(2,3)16-4/h6,8-9,12,15H,5,7H2,1-4H3. The van der Waals surface area contributed by atoms with Crippen molar-refractivity contribution in [1.82, 2.24) is 4.98 Å². The zero-order valence-electron chi connectivity index (χ0n) is 10.5. The molecule has 1 N–H and O–H groups in total. The second-order valence-electron chi connectivity index (χ2n) is 4.75. The number of aliphatic hydroxyl groups excluding tert-OH is 1. The van der Waals surface area contributed by atoms with E-state index in [-0.39, 0.29) is 5.60 Å². The van der Waals surface area contributed by atoms with E-state index in [1.807, 2.05) is 26.8 Å². The van der Waals surface area contributed by atoms with Gasteiger partial charge < -0.3 is 9.84 Å². The van der Waals surface area contributed by atoms with Crippen LogP contribution in [0.2, 0.25) is 0 Å². The zero-order valence-corrected chi connectivity index (χ0v) is 10.5. The molecule has 1 heterocycles. The van der Waals surface area contributed by atoms with Crippen LogP contribution in [-0.4, -0.2) is 22.8 Å². The van der Waals surface area contributed by atoms with Gasteiger partial charge in [-0.25, -0.2) is 0 Å². The van der Waals surface area contributed by atoms with Crippen LogP contribution in [0.4, 0.5) is 0 Å². The van der Waals surface area contributed by atoms with Crippen LogP contribution < -0.4 is 0 Å². The highest BCUT2D eigenvalue weighted by atomic mass is 16.5. The second kappa shape index (κ2) is 5.41. The summed E-state index contributed by atoms with van der Waals surface area (Å²) < 4.78 is 5.33. The van der Waals surface area contributed by atoms with Crippen molar-refractivity contribution in [3.8, 4) is 0 Å². The summed E-state index contributed by atoms with van der Waals surface area (Å²) >= 11 is 0. The van der Waals surface area contributed by atoms with E-state index >= 15 is 0 Å². The number of nitrogens with zero attached hydrogens (tertiary/aromatic N) is 1. The number of pyridine rings is 1. The lowest BCUT2D eigenvalue weighted by atomic mass is 9.95. The Balaban J connectivity index is 2.60. The molecule has 0 aliphatic rings. The molecule has 0 aromatic carbocycles. The molecular formula is C13H21NO2. The minimum absolute atomic E-state index is 0.179. The van der Waals surface area contributed by atoms with Gasteiger partial charge in [-0.2, -0.15) is 0 Å². The van der Waals surface area contributed by atoms with Crippen LogP contribution in [-0.2, 0) is 4.74 Å². The SMILES string of the molecule is COC(C)(C)CCC(O)c1ccncc1C. The maximum absolute atomic E-state index is 10.1. The molecule has 0 spiro atoms. The van der Waals surface area contributed by atoms with Gasteiger partial charge in [-0.15, -0.1) is 0 Å². The molecular weight excluding hydrogens is 202 g/mol. The Morgan fingerprint density at radius 3 is 2.75 bits per heavy atom. The monoisotopic (exact) mass is 223 g/mol. The number of methoxy groups -OCH3 is 1. The summed E-state index contributed by atoms with van der Waals surface area (Å²) in [4.78, 5) is 4.02. The van der Waals surface area contributed by atoms with Gasteiger partial charge in [-0.05, 0) is 50.8 Å². The van der Waals surface area contributed by atoms with E-state index in [4.69, 9.17) is 4.74 Å². The van der Waals surface area contributed by atoms with Crippen molar-refractivity contribution in [3.05, 3.63) is 29.6 Å². The van der Waals surface area contributed by atoms with Crippen molar-refractivity contribution in [3.63, 3.8) is 0 Å². The zero-order chi connectivity index (χ0) is 12.2. The molecule has 16 heavy (non-hydrogen) atoms. The van der Waals surface area contributed by atoms with Gasteiger partial charge >= 0.3 is 0 Å². The van der Waals surface area contributed by atoms with Gasteiger partial charge in [0.2, 0.25) is 0 Å². The summed E-state index contributed by atoms with van der Waals surface area (Å²) in [6.07, 6.45) is 4.59. The van der Waals surface area contributed by atoms with Gasteiger partial charge in [-0.1, -0.05) is 0 Å². The number of hydrogen-bond acceptors (Lipinski definition) is 3. The fourth-order valence-electron chi connectivity index (χ4n) is 1.60. The normalized spacial score (nSPS) is 13.8. The predicted molar refractivity (Wildman–Crippen MR) is 64.3 cm³/mol. The molecule has 1 unspecified atom stereocenters. The highest BCUT2D eigenvalue weighted by Gasteiger charge is 2.19. The third-order valence-electron chi connectivity index (χ3n) is 3.00. The number of hydrogen-bond donors (Lipinski definition) is 1. The quantitative estimate of drug-likeness (QED) is 0.834. The van der Waals surface area contributed by atoms with Gasteiger partial charge in [0, 0.05) is 19.5 Å². The van der Waals surface area contributed by atoms with Gasteiger partial charge in [-0.3, -0.25) is 4.98 Å². The van der Waals surface area contributed by atoms with Crippen LogP contribution in [0.25, 0.3) is 0 Å². The molecule has 0 saturated heterocycles. The van der Waals surface area contributed by atoms with Gasteiger partial charge in [0.15, 0.2) is 0 Å². The molecule has 1 aromatic heterocycles. The molecule has 0 amide bonds. The van der Waals surface area contributed by atoms with Crippen LogP contribution in [0.5, 0.6) is 0 Å². The van der Waals surface area contributed by atoms with E-state index in [1.54, 1.807) is 19.5 Å². The Labute approximate surface area is 97.5 Å². The molecule has 0 bridgehead atoms. The van der Waals surface area contributed by atoms with Crippen LogP contribution in [0.3, 0.4) is 0 Å². The minimum Gasteiger partial charge on any atom is -0.388 e. The lowest BCUT2D eigenvalue weighted by Crippen LogP contribution is -2.23. The van der Waals surface area contributed by atoms with Crippen molar-refractivity contribution in [2.45, 2.75) is 45.3 Å². The van der Waals surface area contributed by atoms with Crippen LogP contribution in [0.1, 0.15) is 43.9 Å². The largest absolute Gasteiger partial charge is 0.388 e. The Hall–Kier alpha value is -0.930. The Morgan fingerprint density at radius 2 is 2.19 bits per heavy atom. The molecule has 0 radical (unpaired) electrons. The molecule has 3 heteroatoms. The number of ether oxygens (including phenoxy) is 1. The lowest BCUT2D eigenvalue weighted by molar-refractivity contribution is 0.00272. The first kappa shape index (κ1) is 13.1. The van der Waals surface area contributed by atoms with E-state index in [1.165, 1.54) is 0 Å². The van der Waals surface area contributed by atoms with E-state index in [0.717, 1.165) is 17.5 Å². The fraction of sp³-hybridized carbons (Fsp3) is 0.615. The molecule has 3 nitrogen and oxygen atoms in total. The topological polar surface area (TPSA) is 42.4 Å². The van der Waals surface area contributed by atoms with E-state index < -0.39 is 6.10 Å². The third-order valence-corrected chi connectivity index (χ3v) is 3.00. The average molecular weight is 223 g/mol. The van der Waals surface area contributed by atoms with Crippen molar-refractivity contribution in [2.24, 2.45) is 0 Å². The highest BCUT2D eigenvalue weighted by molar-refractivity contribution is 5.23. The van der Waals surface area contributed by atoms with Crippen LogP contribution in [0.15, 0.2) is 18.5 Å². The summed E-state index contributed by atoms with van der Waals surface area (Å²) in [6, 6.07) is 1.87. The molecule has 1 aromatic rings. The third kappa shape index (κ3) is 3.58. The van der Waals surface area contributed by atoms with E-state index in [0.29, 0.717) is 6.42 Å². The summed E-state index contributed by atoms with van der Waals surface area (Å²) in [6.45, 7) is 6.02. The number of aromatic nitrogens is 1. The van der Waals surface area contributed by atoms with Gasteiger partial charge in [0.25, 0.3) is 0 Å². The number of aryl methyl sites for hydroxylation is 1. The van der Waals surface area contributed by atoms with Gasteiger partial charge in [0.05, 0.1) is 11.7 Å². The minimum atomic E-state index is -0.433. The Morgan fingerprint density at radius 1 is 1.50 bits per heavy atom. The molecule has 1 rings (SSSR count). The maximum Gasteiger partial charge on any atom is 0.0794 e. The van der Waals surface area contributed by atoms with Gasteiger partial charge in [0.1, 0.15) is 0 Å². The molecule has 1 atom stereocenters. The molecule has 90 valence electrons. The van der Waals surface area contributed by atoms with Crippen molar-refractivity contribution in [1.29, 1.82) is 0 Å².